The number of aryl methyl sites for hydroxylation is 2. The summed E-state index contributed by atoms with van der Waals surface area (Å²) >= 11 is 0. The van der Waals surface area contributed by atoms with E-state index >= 15 is 35.1 Å². The van der Waals surface area contributed by atoms with E-state index in [2.05, 4.69) is 67.7 Å². The SMILES string of the molecule is Cc1c(F)cc(F)c([B-](c2c(F)cc(F)c(C)c2F)(c2c(F)cc(F)c(C)c2F)c2c(F)cc(F)c(C)c2F)c1F.Cc1ccccc1C[NH2+]Cc1ccccc1C. The van der Waals surface area contributed by atoms with Gasteiger partial charge in [-0.3, -0.25) is 0 Å². The molecule has 0 amide bonds. The van der Waals surface area contributed by atoms with E-state index in [-0.39, 0.29) is 24.3 Å². The van der Waals surface area contributed by atoms with Gasteiger partial charge < -0.3 is 5.32 Å². The van der Waals surface area contributed by atoms with Gasteiger partial charge in [0.1, 0.15) is 42.5 Å². The summed E-state index contributed by atoms with van der Waals surface area (Å²) in [7, 11) is 0. The summed E-state index contributed by atoms with van der Waals surface area (Å²) in [5.41, 5.74) is -6.29. The monoisotopic (exact) mass is 817 g/mol. The van der Waals surface area contributed by atoms with E-state index in [0.717, 1.165) is 13.1 Å². The molecule has 0 aliphatic heterocycles. The largest absolute Gasteiger partial charge is 0.339 e. The minimum atomic E-state index is -5.22. The van der Waals surface area contributed by atoms with Crippen molar-refractivity contribution in [1.82, 2.24) is 0 Å². The van der Waals surface area contributed by atoms with Gasteiger partial charge in [0.05, 0.1) is 46.5 Å². The van der Waals surface area contributed by atoms with E-state index in [0.29, 0.717) is 27.7 Å². The highest BCUT2D eigenvalue weighted by atomic mass is 19.2. The average Bonchev–Trinajstić information content (AvgIpc) is 3.16. The molecule has 0 heterocycles. The maximum absolute atomic E-state index is 16.0. The molecule has 0 atom stereocenters. The Balaban J connectivity index is 0.000000313. The Morgan fingerprint density at radius 3 is 0.845 bits per heavy atom. The molecule has 0 aliphatic carbocycles. The molecule has 58 heavy (non-hydrogen) atoms. The third-order valence-corrected chi connectivity index (χ3v) is 10.7. The molecule has 0 saturated carbocycles. The molecule has 304 valence electrons. The molecule has 14 heteroatoms. The van der Waals surface area contributed by atoms with Crippen LogP contribution in [0.4, 0.5) is 52.7 Å². The number of quaternary nitrogens is 1. The van der Waals surface area contributed by atoms with Crippen molar-refractivity contribution in [3.63, 3.8) is 0 Å². The molecular weight excluding hydrogens is 781 g/mol. The van der Waals surface area contributed by atoms with Crippen LogP contribution in [0.5, 0.6) is 0 Å². The lowest BCUT2D eigenvalue weighted by molar-refractivity contribution is -0.686. The number of rotatable bonds is 8. The first-order valence-electron chi connectivity index (χ1n) is 17.9. The number of benzene rings is 6. The smallest absolute Gasteiger partial charge is 0.136 e. The molecule has 0 spiro atoms. The van der Waals surface area contributed by atoms with E-state index in [1.807, 2.05) is 0 Å². The van der Waals surface area contributed by atoms with Gasteiger partial charge in [-0.2, -0.15) is 0 Å². The maximum Gasteiger partial charge on any atom is 0.136 e. The Morgan fingerprint density at radius 1 is 0.362 bits per heavy atom. The fourth-order valence-electron chi connectivity index (χ4n) is 7.35. The van der Waals surface area contributed by atoms with E-state index in [1.54, 1.807) is 0 Å². The van der Waals surface area contributed by atoms with Crippen molar-refractivity contribution in [2.45, 2.75) is 54.6 Å². The number of hydrogen-bond acceptors (Lipinski definition) is 0. The van der Waals surface area contributed by atoms with Gasteiger partial charge in [0.2, 0.25) is 0 Å². The zero-order valence-corrected chi connectivity index (χ0v) is 32.0. The van der Waals surface area contributed by atoms with Gasteiger partial charge in [-0.25, -0.2) is 52.7 Å². The Labute approximate surface area is 327 Å². The van der Waals surface area contributed by atoms with Crippen LogP contribution >= 0.6 is 0 Å². The van der Waals surface area contributed by atoms with Crippen molar-refractivity contribution in [2.75, 3.05) is 0 Å². The van der Waals surface area contributed by atoms with Crippen molar-refractivity contribution in [3.05, 3.63) is 187 Å². The predicted octanol–water partition coefficient (Wildman–Crippen LogP) is 8.53. The third-order valence-electron chi connectivity index (χ3n) is 10.7. The lowest BCUT2D eigenvalue weighted by atomic mass is 9.12. The lowest BCUT2D eigenvalue weighted by Gasteiger charge is -2.45. The first-order chi connectivity index (χ1) is 27.3. The molecule has 0 bridgehead atoms. The van der Waals surface area contributed by atoms with Gasteiger partial charge in [-0.05, 0) is 52.7 Å². The van der Waals surface area contributed by atoms with E-state index in [1.165, 1.54) is 22.3 Å². The number of halogens is 12. The van der Waals surface area contributed by atoms with Crippen molar-refractivity contribution in [3.8, 4) is 0 Å². The van der Waals surface area contributed by atoms with Crippen molar-refractivity contribution < 1.29 is 58.0 Å². The summed E-state index contributed by atoms with van der Waals surface area (Å²) in [6, 6.07) is 16.9. The molecule has 0 saturated heterocycles. The third kappa shape index (κ3) is 7.73. The normalized spacial score (nSPS) is 11.5. The number of nitrogens with two attached hydrogens (primary N) is 1. The summed E-state index contributed by atoms with van der Waals surface area (Å²) in [4.78, 5) is 0. The van der Waals surface area contributed by atoms with Crippen LogP contribution in [0, 0.1) is 111 Å². The highest BCUT2D eigenvalue weighted by Gasteiger charge is 2.48. The molecule has 0 aliphatic rings. The first-order valence-corrected chi connectivity index (χ1v) is 17.9. The van der Waals surface area contributed by atoms with E-state index < -0.39 is 120 Å². The Kier molecular flexibility index (Phi) is 12.9. The zero-order chi connectivity index (χ0) is 43.0. The van der Waals surface area contributed by atoms with Crippen LogP contribution in [0.2, 0.25) is 0 Å². The van der Waals surface area contributed by atoms with Crippen LogP contribution in [0.25, 0.3) is 0 Å². The minimum absolute atomic E-state index is 0.0746. The summed E-state index contributed by atoms with van der Waals surface area (Å²) in [5, 5.41) is 2.37. The van der Waals surface area contributed by atoms with Gasteiger partial charge in [0, 0.05) is 57.6 Å². The second-order valence-corrected chi connectivity index (χ2v) is 14.2. The van der Waals surface area contributed by atoms with Crippen molar-refractivity contribution in [1.29, 1.82) is 0 Å². The Bertz CT molecular complexity index is 2250. The summed E-state index contributed by atoms with van der Waals surface area (Å²) in [5.74, 6) is -23.4. The standard InChI is InChI=1S/C28H16BF12.C16H19N/c1-9-13(30)5-17(34)21(25(9)38)29(22-18(35)6-14(31)10(2)26(22)39,23-19(36)7-15(32)11(3)27(23)40)24-20(37)8-16(33)12(4)28(24)41;1-13-7-3-5-9-15(13)11-17-12-16-10-6-4-8-14(16)2/h5-8H,1-4H3;3-10,17H,11-12H2,1-2H3/q-1;/p+1. The summed E-state index contributed by atoms with van der Waals surface area (Å²) in [6.07, 6.45) is -5.22. The summed E-state index contributed by atoms with van der Waals surface area (Å²) < 4.78 is 184. The second kappa shape index (κ2) is 17.2. The highest BCUT2D eigenvalue weighted by molar-refractivity contribution is 7.20. The molecule has 6 aromatic rings. The lowest BCUT2D eigenvalue weighted by Crippen LogP contribution is -2.80. The van der Waals surface area contributed by atoms with Crippen LogP contribution < -0.4 is 27.2 Å². The molecular formula is C44H36BF12N. The topological polar surface area (TPSA) is 16.6 Å². The van der Waals surface area contributed by atoms with Crippen LogP contribution in [0.1, 0.15) is 44.5 Å². The molecule has 0 radical (unpaired) electrons. The fourth-order valence-corrected chi connectivity index (χ4v) is 7.35. The van der Waals surface area contributed by atoms with Gasteiger partial charge >= 0.3 is 0 Å². The summed E-state index contributed by atoms with van der Waals surface area (Å²) in [6.45, 7) is 9.14. The van der Waals surface area contributed by atoms with Gasteiger partial charge in [0.15, 0.2) is 0 Å². The van der Waals surface area contributed by atoms with Crippen LogP contribution in [-0.4, -0.2) is 6.15 Å². The molecule has 0 unspecified atom stereocenters. The Morgan fingerprint density at radius 2 is 0.603 bits per heavy atom. The van der Waals surface area contributed by atoms with E-state index in [4.69, 9.17) is 0 Å². The van der Waals surface area contributed by atoms with Gasteiger partial charge in [-0.1, -0.05) is 48.5 Å². The molecule has 1 nitrogen and oxygen atoms in total. The van der Waals surface area contributed by atoms with E-state index in [9.17, 15) is 17.6 Å². The fraction of sp³-hybridized carbons (Fsp3) is 0.182. The second-order valence-electron chi connectivity index (χ2n) is 14.2. The van der Waals surface area contributed by atoms with Gasteiger partial charge in [0.25, 0.3) is 0 Å². The molecule has 6 rings (SSSR count). The van der Waals surface area contributed by atoms with Crippen LogP contribution in [-0.2, 0) is 13.1 Å². The van der Waals surface area contributed by atoms with Crippen molar-refractivity contribution >= 4 is 28.0 Å². The average molecular weight is 818 g/mol. The van der Waals surface area contributed by atoms with Crippen LogP contribution in [0.3, 0.4) is 0 Å². The quantitative estimate of drug-likeness (QED) is 0.117. The molecule has 6 aromatic carbocycles. The van der Waals surface area contributed by atoms with Crippen molar-refractivity contribution in [2.24, 2.45) is 0 Å². The van der Waals surface area contributed by atoms with Gasteiger partial charge in [-0.15, -0.1) is 21.9 Å². The zero-order valence-electron chi connectivity index (χ0n) is 32.0. The molecule has 0 aromatic heterocycles. The first kappa shape index (κ1) is 43.6. The van der Waals surface area contributed by atoms with Crippen LogP contribution in [0.15, 0.2) is 72.8 Å². The maximum atomic E-state index is 16.0. The minimum Gasteiger partial charge on any atom is -0.339 e. The predicted molar refractivity (Wildman–Crippen MR) is 200 cm³/mol. The highest BCUT2D eigenvalue weighted by Crippen LogP contribution is 2.28. The molecule has 2 N–H and O–H groups in total. The molecule has 0 fully saturated rings. The Hall–Kier alpha value is -5.50. The number of hydrogen-bond donors (Lipinski definition) is 1.